The Labute approximate surface area is 68.0 Å². The normalized spacial score (nSPS) is 9.73. The molecule has 0 aliphatic heterocycles. The predicted molar refractivity (Wildman–Crippen MR) is 38.8 cm³/mol. The van der Waals surface area contributed by atoms with Gasteiger partial charge in [0.2, 0.25) is 0 Å². The fraction of sp³-hybridized carbons (Fsp3) is 0.400. The number of carbonyl (C=O) groups excluding carboxylic acids is 1. The molecule has 0 unspecified atom stereocenters. The highest BCUT2D eigenvalue weighted by Gasteiger charge is 2.12. The van der Waals surface area contributed by atoms with Gasteiger partial charge in [0.25, 0.3) is 0 Å². The van der Waals surface area contributed by atoms with Gasteiger partial charge in [0.1, 0.15) is 0 Å². The average molecular weight is 176 g/mol. The van der Waals surface area contributed by atoms with Gasteiger partial charge in [-0.05, 0) is 11.6 Å². The largest absolute Gasteiger partial charge is 0.399 e. The van der Waals surface area contributed by atoms with Crippen molar-refractivity contribution in [3.8, 4) is 0 Å². The van der Waals surface area contributed by atoms with Crippen LogP contribution in [0.2, 0.25) is 0 Å². The van der Waals surface area contributed by atoms with E-state index < -0.39 is 5.24 Å². The molecular formula is C5H6ClN3O2. The standard InChI is InChI=1S/C5H6ClN3O2/c1-9(2)5-8-7-4(11-5)3(6)10/h1-2H3. The van der Waals surface area contributed by atoms with E-state index in [1.165, 1.54) is 0 Å². The molecule has 1 rings (SSSR count). The van der Waals surface area contributed by atoms with Crippen molar-refractivity contribution in [3.63, 3.8) is 0 Å². The molecule has 6 heteroatoms. The molecule has 0 fully saturated rings. The highest BCUT2D eigenvalue weighted by molar-refractivity contribution is 6.67. The highest BCUT2D eigenvalue weighted by Crippen LogP contribution is 2.09. The molecule has 1 aromatic heterocycles. The quantitative estimate of drug-likeness (QED) is 0.613. The third-order valence-electron chi connectivity index (χ3n) is 0.965. The molecule has 0 aliphatic carbocycles. The van der Waals surface area contributed by atoms with Crippen molar-refractivity contribution in [1.29, 1.82) is 0 Å². The molecule has 0 saturated heterocycles. The monoisotopic (exact) mass is 175 g/mol. The zero-order valence-electron chi connectivity index (χ0n) is 6.04. The van der Waals surface area contributed by atoms with Crippen molar-refractivity contribution >= 4 is 22.9 Å². The van der Waals surface area contributed by atoms with E-state index in [0.717, 1.165) is 0 Å². The molecule has 1 aromatic rings. The van der Waals surface area contributed by atoms with E-state index in [1.54, 1.807) is 19.0 Å². The first kappa shape index (κ1) is 8.00. The Bertz CT molecular complexity index is 270. The van der Waals surface area contributed by atoms with E-state index in [9.17, 15) is 4.79 Å². The predicted octanol–water partition coefficient (Wildman–Crippen LogP) is 0.515. The number of halogens is 1. The molecule has 5 nitrogen and oxygen atoms in total. The Morgan fingerprint density at radius 1 is 1.55 bits per heavy atom. The van der Waals surface area contributed by atoms with Gasteiger partial charge in [-0.15, -0.1) is 5.10 Å². The van der Waals surface area contributed by atoms with E-state index in [1.807, 2.05) is 0 Å². The van der Waals surface area contributed by atoms with Crippen molar-refractivity contribution in [1.82, 2.24) is 10.2 Å². The number of anilines is 1. The van der Waals surface area contributed by atoms with Crippen LogP contribution in [0.15, 0.2) is 4.42 Å². The van der Waals surface area contributed by atoms with Gasteiger partial charge in [-0.1, -0.05) is 5.10 Å². The zero-order chi connectivity index (χ0) is 8.43. The highest BCUT2D eigenvalue weighted by atomic mass is 35.5. The fourth-order valence-corrected chi connectivity index (χ4v) is 0.552. The topological polar surface area (TPSA) is 59.2 Å². The maximum atomic E-state index is 10.4. The van der Waals surface area contributed by atoms with Crippen molar-refractivity contribution in [2.45, 2.75) is 0 Å². The Morgan fingerprint density at radius 3 is 2.45 bits per heavy atom. The van der Waals surface area contributed by atoms with E-state index >= 15 is 0 Å². The Kier molecular flexibility index (Phi) is 2.09. The summed E-state index contributed by atoms with van der Waals surface area (Å²) in [5, 5.41) is 6.19. The first-order valence-corrected chi connectivity index (χ1v) is 3.19. The van der Waals surface area contributed by atoms with Gasteiger partial charge in [0, 0.05) is 14.1 Å². The summed E-state index contributed by atoms with van der Waals surface area (Å²) in [4.78, 5) is 12.0. The molecule has 0 bridgehead atoms. The van der Waals surface area contributed by atoms with Gasteiger partial charge in [-0.3, -0.25) is 4.79 Å². The zero-order valence-corrected chi connectivity index (χ0v) is 6.79. The molecule has 0 aliphatic rings. The third kappa shape index (κ3) is 1.68. The van der Waals surface area contributed by atoms with E-state index in [2.05, 4.69) is 10.2 Å². The van der Waals surface area contributed by atoms with Gasteiger partial charge < -0.3 is 9.32 Å². The molecule has 1 heterocycles. The van der Waals surface area contributed by atoms with Crippen molar-refractivity contribution < 1.29 is 9.21 Å². The van der Waals surface area contributed by atoms with E-state index in [-0.39, 0.29) is 11.9 Å². The summed E-state index contributed by atoms with van der Waals surface area (Å²) in [5.74, 6) is -0.185. The minimum absolute atomic E-state index is 0.185. The Hall–Kier alpha value is -1.10. The van der Waals surface area contributed by atoms with Gasteiger partial charge in [-0.2, -0.15) is 0 Å². The lowest BCUT2D eigenvalue weighted by atomic mass is 10.8. The number of nitrogens with zero attached hydrogens (tertiary/aromatic N) is 3. The minimum atomic E-state index is -0.745. The molecule has 60 valence electrons. The molecule has 0 amide bonds. The lowest BCUT2D eigenvalue weighted by Gasteiger charge is -2.01. The summed E-state index contributed by atoms with van der Waals surface area (Å²) in [6.45, 7) is 0. The van der Waals surface area contributed by atoms with Crippen LogP contribution in [0.4, 0.5) is 6.01 Å². The molecular weight excluding hydrogens is 170 g/mol. The summed E-state index contributed by atoms with van der Waals surface area (Å²) >= 11 is 5.07. The second-order valence-corrected chi connectivity index (χ2v) is 2.40. The van der Waals surface area contributed by atoms with Crippen LogP contribution < -0.4 is 4.90 Å². The maximum Gasteiger partial charge on any atom is 0.318 e. The number of aromatic nitrogens is 2. The number of rotatable bonds is 2. The van der Waals surface area contributed by atoms with Crippen LogP contribution in [0.1, 0.15) is 10.7 Å². The molecule has 0 saturated carbocycles. The Balaban J connectivity index is 2.90. The SMILES string of the molecule is CN(C)c1nnc(C(=O)Cl)o1. The van der Waals surface area contributed by atoms with Crippen molar-refractivity contribution in [3.05, 3.63) is 5.89 Å². The molecule has 0 N–H and O–H groups in total. The second kappa shape index (κ2) is 2.87. The number of carbonyl (C=O) groups is 1. The first-order valence-electron chi connectivity index (χ1n) is 2.82. The second-order valence-electron chi connectivity index (χ2n) is 2.06. The van der Waals surface area contributed by atoms with Crippen LogP contribution in [0.25, 0.3) is 0 Å². The number of hydrogen-bond acceptors (Lipinski definition) is 5. The summed E-state index contributed by atoms with van der Waals surface area (Å²) in [6.07, 6.45) is 0. The van der Waals surface area contributed by atoms with Crippen LogP contribution in [0.3, 0.4) is 0 Å². The maximum absolute atomic E-state index is 10.4. The summed E-state index contributed by atoms with van der Waals surface area (Å²) in [5.41, 5.74) is 0. The summed E-state index contributed by atoms with van der Waals surface area (Å²) in [7, 11) is 3.44. The summed E-state index contributed by atoms with van der Waals surface area (Å²) in [6, 6.07) is 0.258. The smallest absolute Gasteiger partial charge is 0.318 e. The van der Waals surface area contributed by atoms with Crippen LogP contribution in [-0.4, -0.2) is 29.5 Å². The molecule has 0 radical (unpaired) electrons. The minimum Gasteiger partial charge on any atom is -0.399 e. The van der Waals surface area contributed by atoms with Crippen LogP contribution in [0.5, 0.6) is 0 Å². The third-order valence-corrected chi connectivity index (χ3v) is 1.13. The number of hydrogen-bond donors (Lipinski definition) is 0. The van der Waals surface area contributed by atoms with E-state index in [0.29, 0.717) is 0 Å². The molecule has 11 heavy (non-hydrogen) atoms. The summed E-state index contributed by atoms with van der Waals surface area (Å²) < 4.78 is 4.83. The molecule has 0 spiro atoms. The first-order chi connectivity index (χ1) is 5.11. The Morgan fingerprint density at radius 2 is 2.18 bits per heavy atom. The van der Waals surface area contributed by atoms with Crippen LogP contribution >= 0.6 is 11.6 Å². The average Bonchev–Trinajstić information content (AvgIpc) is 2.33. The van der Waals surface area contributed by atoms with Gasteiger partial charge in [0.05, 0.1) is 0 Å². The van der Waals surface area contributed by atoms with Crippen molar-refractivity contribution in [2.24, 2.45) is 0 Å². The molecule has 0 aromatic carbocycles. The lowest BCUT2D eigenvalue weighted by molar-refractivity contribution is 0.105. The van der Waals surface area contributed by atoms with E-state index in [4.69, 9.17) is 16.0 Å². The fourth-order valence-electron chi connectivity index (χ4n) is 0.476. The van der Waals surface area contributed by atoms with Gasteiger partial charge in [-0.25, -0.2) is 0 Å². The van der Waals surface area contributed by atoms with Crippen LogP contribution in [0, 0.1) is 0 Å². The lowest BCUT2D eigenvalue weighted by Crippen LogP contribution is -2.08. The molecule has 0 atom stereocenters. The van der Waals surface area contributed by atoms with Crippen LogP contribution in [-0.2, 0) is 0 Å². The van der Waals surface area contributed by atoms with Gasteiger partial charge in [0.15, 0.2) is 0 Å². The van der Waals surface area contributed by atoms with Gasteiger partial charge >= 0.3 is 17.1 Å². The van der Waals surface area contributed by atoms with Crippen molar-refractivity contribution in [2.75, 3.05) is 19.0 Å².